The van der Waals surface area contributed by atoms with Crippen molar-refractivity contribution in [1.29, 1.82) is 0 Å². The van der Waals surface area contributed by atoms with Gasteiger partial charge in [0.15, 0.2) is 0 Å². The Morgan fingerprint density at radius 1 is 1.00 bits per heavy atom. The Morgan fingerprint density at radius 2 is 1.67 bits per heavy atom. The fraction of sp³-hybridized carbons (Fsp3) is 0. The van der Waals surface area contributed by atoms with Crippen molar-refractivity contribution >= 4 is 16.9 Å². The van der Waals surface area contributed by atoms with Crippen molar-refractivity contribution in [3.05, 3.63) is 90.5 Å². The third-order valence-corrected chi connectivity index (χ3v) is 3.46. The van der Waals surface area contributed by atoms with Crippen LogP contribution in [0, 0.1) is 0 Å². The van der Waals surface area contributed by atoms with Crippen molar-refractivity contribution < 1.29 is 27.0 Å². The zero-order valence-electron chi connectivity index (χ0n) is 12.7. The van der Waals surface area contributed by atoms with Crippen molar-refractivity contribution in [2.45, 2.75) is 0 Å². The first-order chi connectivity index (χ1) is 11.3. The van der Waals surface area contributed by atoms with E-state index in [2.05, 4.69) is 4.98 Å². The predicted octanol–water partition coefficient (Wildman–Crippen LogP) is 4.72. The molecule has 0 unspecified atom stereocenters. The summed E-state index contributed by atoms with van der Waals surface area (Å²) in [4.78, 5) is 15.8. The maximum Gasteiger partial charge on any atom is 2.00 e. The molecule has 4 rings (SSSR count). The molecule has 0 spiro atoms. The van der Waals surface area contributed by atoms with Gasteiger partial charge in [-0.2, -0.15) is 30.3 Å². The summed E-state index contributed by atoms with van der Waals surface area (Å²) in [6.07, 6.45) is 0. The van der Waals surface area contributed by atoms with E-state index < -0.39 is 5.97 Å². The Labute approximate surface area is 150 Å². The molecule has 24 heavy (non-hydrogen) atoms. The molecule has 3 nitrogen and oxygen atoms in total. The summed E-state index contributed by atoms with van der Waals surface area (Å²) in [5.74, 6) is -0.929. The number of fused-ring (bicyclic) bond motifs is 1. The number of rotatable bonds is 2. The maximum absolute atomic E-state index is 11.3. The van der Waals surface area contributed by atoms with Crippen molar-refractivity contribution in [2.75, 3.05) is 0 Å². The van der Waals surface area contributed by atoms with E-state index in [0.717, 1.165) is 5.56 Å². The number of para-hydroxylation sites is 1. The van der Waals surface area contributed by atoms with E-state index in [9.17, 15) is 9.90 Å². The van der Waals surface area contributed by atoms with Gasteiger partial charge in [0.05, 0.1) is 5.52 Å². The van der Waals surface area contributed by atoms with Crippen LogP contribution in [0.25, 0.3) is 22.2 Å². The maximum atomic E-state index is 11.3. The molecule has 0 atom stereocenters. The number of pyridine rings is 1. The van der Waals surface area contributed by atoms with Crippen LogP contribution < -0.4 is 0 Å². The van der Waals surface area contributed by atoms with Crippen LogP contribution in [0.3, 0.4) is 0 Å². The fourth-order valence-electron chi connectivity index (χ4n) is 2.37. The van der Waals surface area contributed by atoms with Gasteiger partial charge < -0.3 is 5.11 Å². The molecule has 0 aliphatic carbocycles. The molecule has 4 heteroatoms. The first-order valence-corrected chi connectivity index (χ1v) is 7.27. The van der Waals surface area contributed by atoms with Gasteiger partial charge >= 0.3 is 23.0 Å². The van der Waals surface area contributed by atoms with Gasteiger partial charge in [0.2, 0.25) is 0 Å². The molecular weight excluding hydrogens is 342 g/mol. The number of hydrogen-bond donors (Lipinski definition) is 1. The topological polar surface area (TPSA) is 50.2 Å². The minimum Gasteiger partial charge on any atom is -0.478 e. The monoisotopic (exact) mass is 357 g/mol. The molecule has 0 aliphatic heterocycles. The van der Waals surface area contributed by atoms with Crippen molar-refractivity contribution in [2.24, 2.45) is 0 Å². The summed E-state index contributed by atoms with van der Waals surface area (Å²) in [5, 5.41) is 9.94. The molecule has 4 aromatic rings. The molecule has 1 aromatic heterocycles. The Kier molecular flexibility index (Phi) is 6.07. The van der Waals surface area contributed by atoms with Crippen LogP contribution in [0.1, 0.15) is 10.4 Å². The van der Waals surface area contributed by atoms with Gasteiger partial charge in [0, 0.05) is 10.9 Å². The average Bonchev–Trinajstić information content (AvgIpc) is 3.29. The van der Waals surface area contributed by atoms with E-state index in [1.54, 1.807) is 12.1 Å². The van der Waals surface area contributed by atoms with Gasteiger partial charge in [-0.3, -0.25) is 4.98 Å². The van der Waals surface area contributed by atoms with E-state index in [4.69, 9.17) is 0 Å². The molecule has 0 aliphatic rings. The van der Waals surface area contributed by atoms with Crippen LogP contribution in [0.2, 0.25) is 0 Å². The molecular formula is C20H15FeNO2. The zero-order valence-corrected chi connectivity index (χ0v) is 13.8. The molecule has 0 fully saturated rings. The predicted molar refractivity (Wildman–Crippen MR) is 91.8 cm³/mol. The Balaban J connectivity index is 0.000000300. The van der Waals surface area contributed by atoms with E-state index >= 15 is 0 Å². The molecule has 1 heterocycles. The molecule has 3 aromatic carbocycles. The SMILES string of the molecule is O=C(O)c1cc(-[c-]2cccc2)nc2ccccc12.[Fe+2].c1cc[cH-]c1. The van der Waals surface area contributed by atoms with Crippen molar-refractivity contribution in [3.8, 4) is 11.3 Å². The number of benzene rings is 1. The molecule has 0 saturated heterocycles. The summed E-state index contributed by atoms with van der Waals surface area (Å²) in [6, 6.07) is 26.6. The quantitative estimate of drug-likeness (QED) is 0.417. The van der Waals surface area contributed by atoms with Crippen molar-refractivity contribution in [3.63, 3.8) is 0 Å². The summed E-state index contributed by atoms with van der Waals surface area (Å²) >= 11 is 0. The summed E-state index contributed by atoms with van der Waals surface area (Å²) in [7, 11) is 0. The first kappa shape index (κ1) is 17.7. The smallest absolute Gasteiger partial charge is 0.478 e. The molecule has 0 radical (unpaired) electrons. The molecule has 1 N–H and O–H groups in total. The number of aromatic carboxylic acids is 1. The Morgan fingerprint density at radius 3 is 2.25 bits per heavy atom. The van der Waals surface area contributed by atoms with Gasteiger partial charge in [0.1, 0.15) is 0 Å². The van der Waals surface area contributed by atoms with Gasteiger partial charge in [-0.25, -0.2) is 16.9 Å². The van der Waals surface area contributed by atoms with Gasteiger partial charge in [-0.05, 0) is 11.8 Å². The summed E-state index contributed by atoms with van der Waals surface area (Å²) in [6.45, 7) is 0. The number of nitrogens with zero attached hydrogens (tertiary/aromatic N) is 1. The van der Waals surface area contributed by atoms with Crippen LogP contribution in [-0.2, 0) is 17.1 Å². The number of hydrogen-bond acceptors (Lipinski definition) is 2. The Bertz CT molecular complexity index is 879. The van der Waals surface area contributed by atoms with E-state index in [-0.39, 0.29) is 22.6 Å². The number of carboxylic acids is 1. The molecule has 0 saturated carbocycles. The normalized spacial score (nSPS) is 9.67. The molecule has 120 valence electrons. The summed E-state index contributed by atoms with van der Waals surface area (Å²) in [5.41, 5.74) is 2.62. The number of carbonyl (C=O) groups is 1. The number of aromatic nitrogens is 1. The number of carboxylic acid groups (broad SMARTS) is 1. The third kappa shape index (κ3) is 3.99. The zero-order chi connectivity index (χ0) is 16.1. The fourth-order valence-corrected chi connectivity index (χ4v) is 2.37. The van der Waals surface area contributed by atoms with Crippen LogP contribution in [0.4, 0.5) is 0 Å². The van der Waals surface area contributed by atoms with Crippen LogP contribution in [0.15, 0.2) is 84.9 Å². The van der Waals surface area contributed by atoms with E-state index in [1.807, 2.05) is 72.8 Å². The van der Waals surface area contributed by atoms with Gasteiger partial charge in [0.25, 0.3) is 0 Å². The van der Waals surface area contributed by atoms with E-state index in [1.165, 1.54) is 0 Å². The minimum atomic E-state index is -0.929. The van der Waals surface area contributed by atoms with Gasteiger partial charge in [-0.15, -0.1) is 12.1 Å². The van der Waals surface area contributed by atoms with Crippen LogP contribution >= 0.6 is 0 Å². The molecule has 0 bridgehead atoms. The molecule has 0 amide bonds. The second kappa shape index (κ2) is 8.25. The average molecular weight is 357 g/mol. The summed E-state index contributed by atoms with van der Waals surface area (Å²) < 4.78 is 0. The van der Waals surface area contributed by atoms with Crippen LogP contribution in [-0.4, -0.2) is 16.1 Å². The minimum absolute atomic E-state index is 0. The van der Waals surface area contributed by atoms with E-state index in [0.29, 0.717) is 16.6 Å². The largest absolute Gasteiger partial charge is 2.00 e. The Hall–Kier alpha value is -2.68. The first-order valence-electron chi connectivity index (χ1n) is 7.27. The third-order valence-electron chi connectivity index (χ3n) is 3.46. The second-order valence-corrected chi connectivity index (χ2v) is 5.01. The standard InChI is InChI=1S/C15H10NO2.C5H5.Fe/c17-15(18)12-9-14(10-5-1-2-6-10)16-13-8-4-3-7-11(12)13;1-2-4-5-3-1;/h1-9H,(H,17,18);1-5H;/q2*-1;+2. The van der Waals surface area contributed by atoms with Gasteiger partial charge in [-0.1, -0.05) is 29.8 Å². The second-order valence-electron chi connectivity index (χ2n) is 5.01. The van der Waals surface area contributed by atoms with Crippen molar-refractivity contribution in [1.82, 2.24) is 4.98 Å². The van der Waals surface area contributed by atoms with Crippen LogP contribution in [0.5, 0.6) is 0 Å².